The fourth-order valence-corrected chi connectivity index (χ4v) is 9.34. The monoisotopic (exact) mass is 532 g/mol. The first-order valence-electron chi connectivity index (χ1n) is 11.6. The first-order valence-corrected chi connectivity index (χ1v) is 15.2. The molecule has 0 spiro atoms. The molecule has 8 nitrogen and oxygen atoms in total. The summed E-state index contributed by atoms with van der Waals surface area (Å²) in [7, 11) is -7.44. The molecular weight excluding hydrogens is 500 g/mol. The van der Waals surface area contributed by atoms with Crippen molar-refractivity contribution in [1.29, 1.82) is 0 Å². The van der Waals surface area contributed by atoms with Gasteiger partial charge in [0.15, 0.2) is 0 Å². The minimum absolute atomic E-state index is 0.0316. The Kier molecular flexibility index (Phi) is 6.64. The van der Waals surface area contributed by atoms with Gasteiger partial charge in [-0.15, -0.1) is 0 Å². The predicted octanol–water partition coefficient (Wildman–Crippen LogP) is 3.14. The molecule has 4 aliphatic rings. The Morgan fingerprint density at radius 3 is 2.35 bits per heavy atom. The second kappa shape index (κ2) is 8.73. The molecule has 2 unspecified atom stereocenters. The van der Waals surface area contributed by atoms with Crippen molar-refractivity contribution in [2.75, 3.05) is 6.26 Å². The van der Waals surface area contributed by atoms with E-state index in [0.717, 1.165) is 25.5 Å². The molecule has 0 saturated heterocycles. The fourth-order valence-electron chi connectivity index (χ4n) is 6.58. The van der Waals surface area contributed by atoms with Gasteiger partial charge >= 0.3 is 0 Å². The molecule has 1 amide bonds. The van der Waals surface area contributed by atoms with Gasteiger partial charge < -0.3 is 5.32 Å². The minimum Gasteiger partial charge on any atom is -0.353 e. The third-order valence-electron chi connectivity index (χ3n) is 7.39. The molecule has 0 aliphatic heterocycles. The van der Waals surface area contributed by atoms with Gasteiger partial charge in [-0.05, 0) is 88.3 Å². The van der Waals surface area contributed by atoms with Crippen LogP contribution in [0.15, 0.2) is 23.1 Å². The highest BCUT2D eigenvalue weighted by atomic mass is 35.5. The van der Waals surface area contributed by atoms with Crippen molar-refractivity contribution >= 4 is 37.6 Å². The van der Waals surface area contributed by atoms with Gasteiger partial charge in [0.25, 0.3) is 10.1 Å². The zero-order valence-electron chi connectivity index (χ0n) is 19.9. The lowest BCUT2D eigenvalue weighted by atomic mass is 9.52. The molecule has 4 aliphatic carbocycles. The number of hydrogen-bond acceptors (Lipinski definition) is 6. The molecule has 4 fully saturated rings. The molecular formula is C23H33ClN2O6S2. The molecule has 0 heterocycles. The summed E-state index contributed by atoms with van der Waals surface area (Å²) in [6, 6.07) is 4.65. The molecule has 0 aromatic heterocycles. The summed E-state index contributed by atoms with van der Waals surface area (Å²) < 4.78 is 57.8. The van der Waals surface area contributed by atoms with Crippen molar-refractivity contribution in [2.45, 2.75) is 81.4 Å². The maximum absolute atomic E-state index is 13.0. The van der Waals surface area contributed by atoms with E-state index in [1.807, 2.05) is 0 Å². The lowest BCUT2D eigenvalue weighted by Crippen LogP contribution is -2.63. The van der Waals surface area contributed by atoms with Crippen LogP contribution in [0.4, 0.5) is 0 Å². The lowest BCUT2D eigenvalue weighted by Gasteiger charge is -2.59. The van der Waals surface area contributed by atoms with Crippen LogP contribution >= 0.6 is 11.6 Å². The first kappa shape index (κ1) is 25.9. The Morgan fingerprint density at radius 2 is 1.76 bits per heavy atom. The molecule has 1 aromatic rings. The first-order chi connectivity index (χ1) is 15.6. The molecule has 2 N–H and O–H groups in total. The molecule has 11 heteroatoms. The summed E-state index contributed by atoms with van der Waals surface area (Å²) in [6.45, 7) is 4.99. The Morgan fingerprint density at radius 1 is 1.15 bits per heavy atom. The number of amides is 1. The highest BCUT2D eigenvalue weighted by Crippen LogP contribution is 2.57. The van der Waals surface area contributed by atoms with Crippen LogP contribution in [0.2, 0.25) is 5.02 Å². The van der Waals surface area contributed by atoms with E-state index in [-0.39, 0.29) is 35.1 Å². The number of benzene rings is 1. The summed E-state index contributed by atoms with van der Waals surface area (Å²) in [6.07, 6.45) is 4.94. The van der Waals surface area contributed by atoms with Gasteiger partial charge in [-0.3, -0.25) is 8.98 Å². The zero-order chi connectivity index (χ0) is 25.1. The van der Waals surface area contributed by atoms with E-state index in [0.29, 0.717) is 29.3 Å². The number of sulfonamides is 1. The number of carbonyl (C=O) groups excluding carboxylic acids is 1. The highest BCUT2D eigenvalue weighted by Gasteiger charge is 2.57. The van der Waals surface area contributed by atoms with Crippen LogP contribution in [-0.4, -0.2) is 46.2 Å². The van der Waals surface area contributed by atoms with E-state index in [1.165, 1.54) is 6.07 Å². The molecule has 2 atom stereocenters. The van der Waals surface area contributed by atoms with Crippen LogP contribution in [0.25, 0.3) is 0 Å². The van der Waals surface area contributed by atoms with Crippen molar-refractivity contribution in [3.63, 3.8) is 0 Å². The van der Waals surface area contributed by atoms with Gasteiger partial charge in [0.05, 0.1) is 16.8 Å². The fraction of sp³-hybridized carbons (Fsp3) is 0.696. The van der Waals surface area contributed by atoms with Crippen LogP contribution in [0.3, 0.4) is 0 Å². The third kappa shape index (κ3) is 5.46. The molecule has 34 heavy (non-hydrogen) atoms. The number of carbonyl (C=O) groups is 1. The summed E-state index contributed by atoms with van der Waals surface area (Å²) in [5.41, 5.74) is -1.21. The number of rotatable bonds is 8. The van der Waals surface area contributed by atoms with Gasteiger partial charge in [0.2, 0.25) is 15.9 Å². The predicted molar refractivity (Wildman–Crippen MR) is 129 cm³/mol. The van der Waals surface area contributed by atoms with Crippen LogP contribution in [0.5, 0.6) is 0 Å². The molecule has 4 bridgehead atoms. The van der Waals surface area contributed by atoms with Gasteiger partial charge in [0.1, 0.15) is 0 Å². The summed E-state index contributed by atoms with van der Waals surface area (Å²) >= 11 is 6.09. The van der Waals surface area contributed by atoms with Crippen molar-refractivity contribution in [3.8, 4) is 0 Å². The maximum Gasteiger partial charge on any atom is 0.264 e. The average Bonchev–Trinajstić information content (AvgIpc) is 2.63. The molecule has 190 valence electrons. The summed E-state index contributed by atoms with van der Waals surface area (Å²) in [5, 5.41) is 3.50. The Hall–Kier alpha value is -1.20. The summed E-state index contributed by atoms with van der Waals surface area (Å²) in [4.78, 5) is 13.1. The van der Waals surface area contributed by atoms with Crippen molar-refractivity contribution in [1.82, 2.24) is 10.0 Å². The Bertz CT molecular complexity index is 1180. The topological polar surface area (TPSA) is 119 Å². The Labute approximate surface area is 207 Å². The van der Waals surface area contributed by atoms with E-state index >= 15 is 0 Å². The van der Waals surface area contributed by atoms with Gasteiger partial charge in [-0.25, -0.2) is 13.1 Å². The molecule has 5 rings (SSSR count). The quantitative estimate of drug-likeness (QED) is 0.496. The SMILES string of the molecule is Cc1c(Cl)cccc1S(=O)(=O)NC(C)(C)CC(=O)NC1C2CC3CC1CC(OS(C)(=O)=O)(C3)C2. The van der Waals surface area contributed by atoms with Gasteiger partial charge in [-0.1, -0.05) is 17.7 Å². The smallest absolute Gasteiger partial charge is 0.264 e. The third-order valence-corrected chi connectivity index (χ3v) is 10.3. The molecule has 1 aromatic carbocycles. The molecule has 0 radical (unpaired) electrons. The molecule has 4 saturated carbocycles. The van der Waals surface area contributed by atoms with Crippen LogP contribution < -0.4 is 10.0 Å². The lowest BCUT2D eigenvalue weighted by molar-refractivity contribution is -0.137. The largest absolute Gasteiger partial charge is 0.353 e. The second-order valence-electron chi connectivity index (χ2n) is 11.1. The number of halogens is 1. The number of hydrogen-bond donors (Lipinski definition) is 2. The van der Waals surface area contributed by atoms with Crippen molar-refractivity contribution in [3.05, 3.63) is 28.8 Å². The van der Waals surface area contributed by atoms with Crippen LogP contribution in [0.1, 0.15) is 57.9 Å². The van der Waals surface area contributed by atoms with Gasteiger partial charge in [-0.2, -0.15) is 8.42 Å². The normalized spacial score (nSPS) is 31.0. The maximum atomic E-state index is 13.0. The van der Waals surface area contributed by atoms with E-state index in [9.17, 15) is 21.6 Å². The van der Waals surface area contributed by atoms with E-state index in [1.54, 1.807) is 32.9 Å². The number of nitrogens with one attached hydrogen (secondary N) is 2. The van der Waals surface area contributed by atoms with Crippen molar-refractivity contribution < 1.29 is 25.8 Å². The second-order valence-corrected chi connectivity index (χ2v) is 14.7. The standard InChI is InChI=1S/C23H33ClN2O6S2/c1-14-18(24)6-5-7-19(14)34(30,31)26-22(2,3)13-20(27)25-21-16-8-15-9-17(21)12-23(10-15,11-16)32-33(4,28)29/h5-7,15-17,21,26H,8-13H2,1-4H3,(H,25,27). The van der Waals surface area contributed by atoms with E-state index < -0.39 is 31.3 Å². The van der Waals surface area contributed by atoms with Crippen LogP contribution in [-0.2, 0) is 29.1 Å². The highest BCUT2D eigenvalue weighted by molar-refractivity contribution is 7.89. The average molecular weight is 533 g/mol. The van der Waals surface area contributed by atoms with E-state index in [2.05, 4.69) is 10.0 Å². The zero-order valence-corrected chi connectivity index (χ0v) is 22.3. The summed E-state index contributed by atoms with van der Waals surface area (Å²) in [5.74, 6) is 0.499. The van der Waals surface area contributed by atoms with Crippen molar-refractivity contribution in [2.24, 2.45) is 17.8 Å². The van der Waals surface area contributed by atoms with Crippen LogP contribution in [0, 0.1) is 24.7 Å². The van der Waals surface area contributed by atoms with E-state index in [4.69, 9.17) is 15.8 Å². The minimum atomic E-state index is -3.88. The Balaban J connectivity index is 1.41. The van der Waals surface area contributed by atoms with Gasteiger partial charge in [0, 0.05) is 23.0 Å².